The molecular formula is C27H39N5O. The van der Waals surface area contributed by atoms with Gasteiger partial charge in [0, 0.05) is 52.6 Å². The van der Waals surface area contributed by atoms with E-state index < -0.39 is 0 Å². The molecule has 1 aliphatic carbocycles. The minimum Gasteiger partial charge on any atom is -0.507 e. The topological polar surface area (TPSA) is 100 Å². The van der Waals surface area contributed by atoms with Crippen LogP contribution in [0.15, 0.2) is 36.2 Å². The Labute approximate surface area is 197 Å². The fourth-order valence-corrected chi connectivity index (χ4v) is 5.52. The average molecular weight is 450 g/mol. The van der Waals surface area contributed by atoms with Crippen LogP contribution in [0.5, 0.6) is 5.75 Å². The number of rotatable bonds is 5. The first-order valence-corrected chi connectivity index (χ1v) is 11.9. The van der Waals surface area contributed by atoms with Crippen LogP contribution in [0.3, 0.4) is 0 Å². The second kappa shape index (κ2) is 8.24. The Kier molecular flexibility index (Phi) is 5.85. The van der Waals surface area contributed by atoms with E-state index in [2.05, 4.69) is 49.0 Å². The zero-order chi connectivity index (χ0) is 24.1. The number of piperidine rings is 1. The molecule has 1 aromatic heterocycles. The molecule has 178 valence electrons. The van der Waals surface area contributed by atoms with Crippen molar-refractivity contribution >= 4 is 16.6 Å². The molecule has 0 spiro atoms. The van der Waals surface area contributed by atoms with Crippen molar-refractivity contribution in [2.24, 2.45) is 11.5 Å². The van der Waals surface area contributed by atoms with Crippen molar-refractivity contribution in [3.63, 3.8) is 0 Å². The Morgan fingerprint density at radius 1 is 1.09 bits per heavy atom. The van der Waals surface area contributed by atoms with E-state index in [9.17, 15) is 5.11 Å². The van der Waals surface area contributed by atoms with Crippen molar-refractivity contribution < 1.29 is 5.11 Å². The van der Waals surface area contributed by atoms with Crippen molar-refractivity contribution in [1.29, 1.82) is 0 Å². The summed E-state index contributed by atoms with van der Waals surface area (Å²) in [5.41, 5.74) is 17.2. The third kappa shape index (κ3) is 5.11. The highest BCUT2D eigenvalue weighted by molar-refractivity contribution is 5.89. The number of phenols is 1. The lowest BCUT2D eigenvalue weighted by atomic mass is 9.79. The zero-order valence-electron chi connectivity index (χ0n) is 20.9. The summed E-state index contributed by atoms with van der Waals surface area (Å²) >= 11 is 0. The maximum absolute atomic E-state index is 10.7. The van der Waals surface area contributed by atoms with E-state index in [0.717, 1.165) is 29.4 Å². The van der Waals surface area contributed by atoms with Gasteiger partial charge >= 0.3 is 0 Å². The number of pyridine rings is 1. The first kappa shape index (κ1) is 23.4. The molecule has 1 aromatic carbocycles. The monoisotopic (exact) mass is 449 g/mol. The van der Waals surface area contributed by atoms with Crippen molar-refractivity contribution in [2.75, 3.05) is 7.05 Å². The summed E-state index contributed by atoms with van der Waals surface area (Å²) in [6.07, 6.45) is 8.05. The second-order valence-corrected chi connectivity index (χ2v) is 11.3. The lowest BCUT2D eigenvalue weighted by Crippen LogP contribution is -2.61. The normalized spacial score (nSPS) is 21.4. The standard InChI is InChI=1S/C27H39N5O/c1-16-11-19(17-7-8-17)20-12-21(24(33)13-23(20)30-16)22(28)9-10-25(29)32(6)18-14-26(2,3)31-27(4,5)15-18/h9-13,17-18,31,33H,7-8,14-15,28-29H2,1-6H3/b22-9-,25-10+. The van der Waals surface area contributed by atoms with Crippen LogP contribution < -0.4 is 16.8 Å². The Morgan fingerprint density at radius 2 is 1.73 bits per heavy atom. The molecule has 0 atom stereocenters. The number of aromatic nitrogens is 1. The van der Waals surface area contributed by atoms with Gasteiger partial charge < -0.3 is 26.8 Å². The van der Waals surface area contributed by atoms with Crippen molar-refractivity contribution in [1.82, 2.24) is 15.2 Å². The maximum Gasteiger partial charge on any atom is 0.127 e. The van der Waals surface area contributed by atoms with Crippen molar-refractivity contribution in [3.8, 4) is 5.75 Å². The van der Waals surface area contributed by atoms with Gasteiger partial charge in [-0.05, 0) is 96.1 Å². The summed E-state index contributed by atoms with van der Waals surface area (Å²) in [6.45, 7) is 10.9. The summed E-state index contributed by atoms with van der Waals surface area (Å²) in [4.78, 5) is 6.76. The van der Waals surface area contributed by atoms with Crippen LogP contribution in [0.1, 0.15) is 76.1 Å². The molecule has 4 rings (SSSR count). The Balaban J connectivity index is 1.61. The molecule has 0 bridgehead atoms. The fraction of sp³-hybridized carbons (Fsp3) is 0.519. The van der Waals surface area contributed by atoms with Gasteiger partial charge in [0.1, 0.15) is 5.75 Å². The quantitative estimate of drug-likeness (QED) is 0.503. The van der Waals surface area contributed by atoms with Crippen LogP contribution in [0.4, 0.5) is 0 Å². The van der Waals surface area contributed by atoms with Crippen molar-refractivity contribution in [2.45, 2.75) is 83.3 Å². The summed E-state index contributed by atoms with van der Waals surface area (Å²) in [5.74, 6) is 1.38. The number of nitrogens with zero attached hydrogens (tertiary/aromatic N) is 2. The second-order valence-electron chi connectivity index (χ2n) is 11.3. The van der Waals surface area contributed by atoms with Gasteiger partial charge in [0.25, 0.3) is 0 Å². The highest BCUT2D eigenvalue weighted by atomic mass is 16.3. The number of benzene rings is 1. The summed E-state index contributed by atoms with van der Waals surface area (Å²) < 4.78 is 0. The number of nitrogens with two attached hydrogens (primary N) is 2. The van der Waals surface area contributed by atoms with Gasteiger partial charge in [0.2, 0.25) is 0 Å². The molecule has 2 aliphatic rings. The molecule has 0 unspecified atom stereocenters. The van der Waals surface area contributed by atoms with Gasteiger partial charge in [-0.25, -0.2) is 0 Å². The molecular weight excluding hydrogens is 410 g/mol. The van der Waals surface area contributed by atoms with E-state index >= 15 is 0 Å². The number of nitrogens with one attached hydrogen (secondary N) is 1. The fourth-order valence-electron chi connectivity index (χ4n) is 5.52. The van der Waals surface area contributed by atoms with Gasteiger partial charge in [0.15, 0.2) is 0 Å². The molecule has 0 radical (unpaired) electrons. The van der Waals surface area contributed by atoms with Gasteiger partial charge in [-0.2, -0.15) is 0 Å². The molecule has 33 heavy (non-hydrogen) atoms. The summed E-state index contributed by atoms with van der Waals surface area (Å²) in [7, 11) is 2.04. The molecule has 1 aliphatic heterocycles. The van der Waals surface area contributed by atoms with Crippen LogP contribution >= 0.6 is 0 Å². The highest BCUT2D eigenvalue weighted by Gasteiger charge is 2.39. The SMILES string of the molecule is Cc1cc(C2CC2)c2cc(/C(N)=C/C=C(\N)N(C)C3CC(C)(C)NC(C)(C)C3)c(O)cc2n1. The molecule has 1 saturated carbocycles. The minimum atomic E-state index is 0.0400. The largest absolute Gasteiger partial charge is 0.507 e. The Hall–Kier alpha value is -2.73. The number of aryl methyl sites for hydroxylation is 1. The molecule has 1 saturated heterocycles. The van der Waals surface area contributed by atoms with E-state index in [4.69, 9.17) is 11.5 Å². The summed E-state index contributed by atoms with van der Waals surface area (Å²) in [6, 6.07) is 6.19. The Bertz CT molecular complexity index is 1110. The number of phenolic OH excluding ortho intramolecular Hbond substituents is 1. The number of hydrogen-bond donors (Lipinski definition) is 4. The molecule has 0 amide bonds. The lowest BCUT2D eigenvalue weighted by molar-refractivity contribution is 0.0981. The molecule has 6 heteroatoms. The smallest absolute Gasteiger partial charge is 0.127 e. The van der Waals surface area contributed by atoms with Gasteiger partial charge in [0.05, 0.1) is 11.3 Å². The average Bonchev–Trinajstić information content (AvgIpc) is 3.52. The van der Waals surface area contributed by atoms with Crippen LogP contribution in [0.25, 0.3) is 16.6 Å². The van der Waals surface area contributed by atoms with E-state index in [1.165, 1.54) is 18.4 Å². The zero-order valence-corrected chi connectivity index (χ0v) is 20.9. The molecule has 6 nitrogen and oxygen atoms in total. The van der Waals surface area contributed by atoms with Gasteiger partial charge in [-0.15, -0.1) is 0 Å². The number of allylic oxidation sites excluding steroid dienone is 2. The van der Waals surface area contributed by atoms with Gasteiger partial charge in [-0.3, -0.25) is 4.98 Å². The van der Waals surface area contributed by atoms with E-state index in [0.29, 0.717) is 29.0 Å². The van der Waals surface area contributed by atoms with Crippen LogP contribution in [0.2, 0.25) is 0 Å². The predicted molar refractivity (Wildman–Crippen MR) is 137 cm³/mol. The van der Waals surface area contributed by atoms with E-state index in [1.54, 1.807) is 12.1 Å². The molecule has 2 aromatic rings. The predicted octanol–water partition coefficient (Wildman–Crippen LogP) is 4.47. The first-order valence-electron chi connectivity index (χ1n) is 11.9. The third-order valence-corrected chi connectivity index (χ3v) is 6.97. The molecule has 6 N–H and O–H groups in total. The lowest BCUT2D eigenvalue weighted by Gasteiger charge is -2.49. The van der Waals surface area contributed by atoms with Gasteiger partial charge in [-0.1, -0.05) is 0 Å². The van der Waals surface area contributed by atoms with E-state index in [-0.39, 0.29) is 16.8 Å². The van der Waals surface area contributed by atoms with E-state index in [1.807, 2.05) is 26.1 Å². The highest BCUT2D eigenvalue weighted by Crippen LogP contribution is 2.44. The maximum atomic E-state index is 10.7. The number of fused-ring (bicyclic) bond motifs is 1. The van der Waals surface area contributed by atoms with Crippen LogP contribution in [-0.4, -0.2) is 39.2 Å². The number of aromatic hydroxyl groups is 1. The van der Waals surface area contributed by atoms with Crippen LogP contribution in [0, 0.1) is 6.92 Å². The Morgan fingerprint density at radius 3 is 2.33 bits per heavy atom. The number of hydrogen-bond acceptors (Lipinski definition) is 6. The first-order chi connectivity index (χ1) is 15.3. The minimum absolute atomic E-state index is 0.0400. The molecule has 2 fully saturated rings. The van der Waals surface area contributed by atoms with Crippen molar-refractivity contribution in [3.05, 3.63) is 53.0 Å². The molecule has 2 heterocycles. The van der Waals surface area contributed by atoms with Crippen LogP contribution in [-0.2, 0) is 0 Å². The summed E-state index contributed by atoms with van der Waals surface area (Å²) in [5, 5.41) is 15.5. The third-order valence-electron chi connectivity index (χ3n) is 6.97.